The van der Waals surface area contributed by atoms with Gasteiger partial charge in [-0.05, 0) is 42.2 Å². The second-order valence-corrected chi connectivity index (χ2v) is 8.97. The first-order valence-electron chi connectivity index (χ1n) is 10.5. The highest BCUT2D eigenvalue weighted by Crippen LogP contribution is 2.42. The van der Waals surface area contributed by atoms with Crippen molar-refractivity contribution in [3.8, 4) is 11.4 Å². The third-order valence-corrected chi connectivity index (χ3v) is 5.68. The molecule has 0 spiro atoms. The highest BCUT2D eigenvalue weighted by molar-refractivity contribution is 6.01. The zero-order valence-corrected chi connectivity index (χ0v) is 18.8. The number of amides is 1. The number of nitrogens with one attached hydrogen (secondary N) is 1. The molecule has 10 heteroatoms. The Morgan fingerprint density at radius 1 is 1.18 bits per heavy atom. The van der Waals surface area contributed by atoms with Crippen LogP contribution in [0.4, 0.5) is 24.5 Å². The Balaban J connectivity index is 1.88. The van der Waals surface area contributed by atoms with Crippen LogP contribution in [0, 0.1) is 5.41 Å². The van der Waals surface area contributed by atoms with Crippen molar-refractivity contribution in [3.63, 3.8) is 0 Å². The number of ketones is 1. The number of methoxy groups -OCH3 is 1. The van der Waals surface area contributed by atoms with Gasteiger partial charge in [-0.2, -0.15) is 18.3 Å². The Kier molecular flexibility index (Phi) is 5.63. The summed E-state index contributed by atoms with van der Waals surface area (Å²) in [7, 11) is 1.51. The number of nitrogens with two attached hydrogens (primary N) is 1. The van der Waals surface area contributed by atoms with E-state index >= 15 is 0 Å². The number of anilines is 2. The molecule has 178 valence electrons. The monoisotopic (exact) mass is 472 g/mol. The van der Waals surface area contributed by atoms with E-state index in [1.165, 1.54) is 25.3 Å². The van der Waals surface area contributed by atoms with Gasteiger partial charge < -0.3 is 15.8 Å². The molecule has 34 heavy (non-hydrogen) atoms. The zero-order chi connectivity index (χ0) is 24.8. The van der Waals surface area contributed by atoms with Crippen LogP contribution in [0.5, 0.6) is 5.75 Å². The van der Waals surface area contributed by atoms with Gasteiger partial charge in [0, 0.05) is 18.2 Å². The summed E-state index contributed by atoms with van der Waals surface area (Å²) >= 11 is 0. The Labute approximate surface area is 193 Å². The van der Waals surface area contributed by atoms with Crippen LogP contribution in [0.1, 0.15) is 52.4 Å². The number of Topliss-reactive ketones (excluding diaryl/α,β-unsaturated/α-hetero) is 1. The van der Waals surface area contributed by atoms with E-state index in [2.05, 4.69) is 10.4 Å². The van der Waals surface area contributed by atoms with Crippen molar-refractivity contribution in [1.29, 1.82) is 0 Å². The molecule has 7 nitrogen and oxygen atoms in total. The quantitative estimate of drug-likeness (QED) is 0.551. The first-order valence-corrected chi connectivity index (χ1v) is 10.5. The highest BCUT2D eigenvalue weighted by atomic mass is 19.4. The topological polar surface area (TPSA) is 99.2 Å². The first-order chi connectivity index (χ1) is 15.9. The van der Waals surface area contributed by atoms with Gasteiger partial charge in [-0.25, -0.2) is 4.68 Å². The molecule has 1 amide bonds. The third kappa shape index (κ3) is 4.35. The lowest BCUT2D eigenvalue weighted by atomic mass is 9.75. The third-order valence-electron chi connectivity index (χ3n) is 5.68. The molecule has 0 fully saturated rings. The molecule has 0 atom stereocenters. The SMILES string of the molecule is COc1cccc(Nc2cc(-n3nc(C(F)(F)F)c4c3CC(C)(C)CC4=O)ccc2C(N)=O)c1. The van der Waals surface area contributed by atoms with Gasteiger partial charge >= 0.3 is 6.18 Å². The summed E-state index contributed by atoms with van der Waals surface area (Å²) < 4.78 is 47.6. The van der Waals surface area contributed by atoms with Crippen molar-refractivity contribution >= 4 is 23.1 Å². The number of aromatic nitrogens is 2. The van der Waals surface area contributed by atoms with E-state index in [4.69, 9.17) is 10.5 Å². The molecule has 4 rings (SSSR count). The number of benzene rings is 2. The normalized spacial score (nSPS) is 15.1. The molecule has 3 N–H and O–H groups in total. The van der Waals surface area contributed by atoms with Crippen molar-refractivity contribution in [1.82, 2.24) is 9.78 Å². The molecule has 3 aromatic rings. The average molecular weight is 472 g/mol. The smallest absolute Gasteiger partial charge is 0.435 e. The van der Waals surface area contributed by atoms with E-state index in [9.17, 15) is 22.8 Å². The Hall–Kier alpha value is -3.82. The largest absolute Gasteiger partial charge is 0.497 e. The Morgan fingerprint density at radius 2 is 1.91 bits per heavy atom. The molecule has 1 heterocycles. The van der Waals surface area contributed by atoms with Crippen molar-refractivity contribution < 1.29 is 27.5 Å². The van der Waals surface area contributed by atoms with Crippen molar-refractivity contribution in [2.24, 2.45) is 11.1 Å². The molecule has 1 aromatic heterocycles. The van der Waals surface area contributed by atoms with Crippen molar-refractivity contribution in [2.45, 2.75) is 32.9 Å². The predicted molar refractivity (Wildman–Crippen MR) is 120 cm³/mol. The van der Waals surface area contributed by atoms with E-state index < -0.39 is 34.5 Å². The number of fused-ring (bicyclic) bond motifs is 1. The van der Waals surface area contributed by atoms with Gasteiger partial charge in [-0.15, -0.1) is 0 Å². The fourth-order valence-electron chi connectivity index (χ4n) is 4.20. The van der Waals surface area contributed by atoms with Gasteiger partial charge in [0.05, 0.1) is 35.3 Å². The van der Waals surface area contributed by atoms with Crippen molar-refractivity contribution in [3.05, 3.63) is 65.0 Å². The highest BCUT2D eigenvalue weighted by Gasteiger charge is 2.45. The molecule has 0 bridgehead atoms. The van der Waals surface area contributed by atoms with E-state index in [0.717, 1.165) is 4.68 Å². The van der Waals surface area contributed by atoms with E-state index in [1.807, 2.05) is 13.8 Å². The summed E-state index contributed by atoms with van der Waals surface area (Å²) in [6, 6.07) is 11.3. The lowest BCUT2D eigenvalue weighted by molar-refractivity contribution is -0.141. The number of hydrogen-bond donors (Lipinski definition) is 2. The standard InChI is InChI=1S/C24H23F3N4O3/c1-23(2)11-18-20(19(32)12-23)21(24(25,26)27)30-31(18)14-7-8-16(22(28)33)17(10-14)29-13-5-4-6-15(9-13)34-3/h4-10,29H,11-12H2,1-3H3,(H2,28,33). The van der Waals surface area contributed by atoms with Crippen LogP contribution < -0.4 is 15.8 Å². The van der Waals surface area contributed by atoms with E-state index in [-0.39, 0.29) is 35.5 Å². The maximum absolute atomic E-state index is 13.8. The average Bonchev–Trinajstić information content (AvgIpc) is 3.12. The zero-order valence-electron chi connectivity index (χ0n) is 18.8. The summed E-state index contributed by atoms with van der Waals surface area (Å²) in [5, 5.41) is 6.88. The number of carbonyl (C=O) groups is 2. The lowest BCUT2D eigenvalue weighted by Crippen LogP contribution is -2.29. The van der Waals surface area contributed by atoms with Gasteiger partial charge in [0.1, 0.15) is 5.75 Å². The number of hydrogen-bond acceptors (Lipinski definition) is 5. The van der Waals surface area contributed by atoms with Crippen LogP contribution in [-0.4, -0.2) is 28.6 Å². The van der Waals surface area contributed by atoms with Crippen LogP contribution in [0.25, 0.3) is 5.69 Å². The predicted octanol–water partition coefficient (Wildman–Crippen LogP) is 4.90. The van der Waals surface area contributed by atoms with Gasteiger partial charge in [0.2, 0.25) is 0 Å². The minimum atomic E-state index is -4.79. The van der Waals surface area contributed by atoms with Gasteiger partial charge in [-0.1, -0.05) is 19.9 Å². The molecule has 1 aliphatic carbocycles. The minimum Gasteiger partial charge on any atom is -0.497 e. The number of carbonyl (C=O) groups excluding carboxylic acids is 2. The molecule has 2 aromatic carbocycles. The van der Waals surface area contributed by atoms with Gasteiger partial charge in [0.15, 0.2) is 11.5 Å². The van der Waals surface area contributed by atoms with E-state index in [0.29, 0.717) is 11.4 Å². The summed E-state index contributed by atoms with van der Waals surface area (Å²) in [5.41, 5.74) is 4.83. The maximum atomic E-state index is 13.8. The number of halogens is 3. The molecule has 0 saturated carbocycles. The fourth-order valence-corrected chi connectivity index (χ4v) is 4.20. The fraction of sp³-hybridized carbons (Fsp3) is 0.292. The van der Waals surface area contributed by atoms with E-state index in [1.54, 1.807) is 24.3 Å². The van der Waals surface area contributed by atoms with Gasteiger partial charge in [-0.3, -0.25) is 9.59 Å². The Morgan fingerprint density at radius 3 is 2.56 bits per heavy atom. The number of ether oxygens (including phenoxy) is 1. The second-order valence-electron chi connectivity index (χ2n) is 8.97. The van der Waals surface area contributed by atoms with Crippen LogP contribution >= 0.6 is 0 Å². The summed E-state index contributed by atoms with van der Waals surface area (Å²) in [6.07, 6.45) is -4.56. The molecule has 0 saturated heterocycles. The van der Waals surface area contributed by atoms with Crippen molar-refractivity contribution in [2.75, 3.05) is 12.4 Å². The van der Waals surface area contributed by atoms with Crippen LogP contribution in [0.15, 0.2) is 42.5 Å². The van der Waals surface area contributed by atoms with Crippen LogP contribution in [0.2, 0.25) is 0 Å². The molecule has 0 aliphatic heterocycles. The summed E-state index contributed by atoms with van der Waals surface area (Å²) in [4.78, 5) is 24.7. The second kappa shape index (κ2) is 8.19. The number of primary amides is 1. The molecular weight excluding hydrogens is 449 g/mol. The lowest BCUT2D eigenvalue weighted by Gasteiger charge is -2.29. The Bertz CT molecular complexity index is 1300. The van der Waals surface area contributed by atoms with Gasteiger partial charge in [0.25, 0.3) is 5.91 Å². The summed E-state index contributed by atoms with van der Waals surface area (Å²) in [6.45, 7) is 3.65. The maximum Gasteiger partial charge on any atom is 0.435 e. The number of nitrogens with zero attached hydrogens (tertiary/aromatic N) is 2. The molecule has 1 aliphatic rings. The first kappa shape index (κ1) is 23.3. The molecule has 0 unspecified atom stereocenters. The number of rotatable bonds is 5. The summed E-state index contributed by atoms with van der Waals surface area (Å²) in [5.74, 6) is -0.737. The minimum absolute atomic E-state index is 0.00195. The van der Waals surface area contributed by atoms with Crippen LogP contribution in [0.3, 0.4) is 0 Å². The molecular formula is C24H23F3N4O3. The molecule has 0 radical (unpaired) electrons. The van der Waals surface area contributed by atoms with Crippen LogP contribution in [-0.2, 0) is 12.6 Å². The number of alkyl halides is 3.